The van der Waals surface area contributed by atoms with Crippen LogP contribution in [0, 0.1) is 5.82 Å². The molecule has 1 atom stereocenters. The summed E-state index contributed by atoms with van der Waals surface area (Å²) in [7, 11) is 0. The third kappa shape index (κ3) is 2.73. The van der Waals surface area contributed by atoms with E-state index in [1.54, 1.807) is 12.3 Å². The highest BCUT2D eigenvalue weighted by molar-refractivity contribution is 6.31. The fourth-order valence-electron chi connectivity index (χ4n) is 2.64. The Kier molecular flexibility index (Phi) is 4.05. The largest absolute Gasteiger partial charge is 0.467 e. The molecule has 0 unspecified atom stereocenters. The number of piperazine rings is 1. The molecular formula is C15H16ClFN2O. The third-order valence-electron chi connectivity index (χ3n) is 3.59. The Balaban J connectivity index is 2.00. The molecule has 2 heterocycles. The summed E-state index contributed by atoms with van der Waals surface area (Å²) in [4.78, 5) is 2.30. The first-order valence-electron chi connectivity index (χ1n) is 6.69. The standard InChI is InChI=1S/C15H16ClFN2O/c16-13-10-11(17)3-4-12(13)15(14-2-1-9-20-14)19-7-5-18-6-8-19/h1-4,9-10,15,18H,5-8H2/t15-/m0/s1. The van der Waals surface area contributed by atoms with Crippen molar-refractivity contribution < 1.29 is 8.81 Å². The highest BCUT2D eigenvalue weighted by atomic mass is 35.5. The molecule has 0 amide bonds. The van der Waals surface area contributed by atoms with Crippen LogP contribution in [0.5, 0.6) is 0 Å². The van der Waals surface area contributed by atoms with E-state index in [4.69, 9.17) is 16.0 Å². The summed E-state index contributed by atoms with van der Waals surface area (Å²) in [5, 5.41) is 3.76. The molecule has 1 N–H and O–H groups in total. The number of rotatable bonds is 3. The van der Waals surface area contributed by atoms with E-state index in [-0.39, 0.29) is 11.9 Å². The Labute approximate surface area is 122 Å². The minimum atomic E-state index is -0.322. The van der Waals surface area contributed by atoms with Crippen LogP contribution in [0.15, 0.2) is 41.0 Å². The number of halogens is 2. The summed E-state index contributed by atoms with van der Waals surface area (Å²) in [6, 6.07) is 8.27. The normalized spacial score (nSPS) is 18.1. The van der Waals surface area contributed by atoms with Gasteiger partial charge in [0.05, 0.1) is 12.3 Å². The predicted molar refractivity (Wildman–Crippen MR) is 76.4 cm³/mol. The molecule has 1 fully saturated rings. The van der Waals surface area contributed by atoms with E-state index in [1.165, 1.54) is 12.1 Å². The quantitative estimate of drug-likeness (QED) is 0.943. The van der Waals surface area contributed by atoms with Crippen LogP contribution in [-0.2, 0) is 0 Å². The van der Waals surface area contributed by atoms with Crippen molar-refractivity contribution in [3.05, 3.63) is 58.8 Å². The number of benzene rings is 1. The number of hydrogen-bond acceptors (Lipinski definition) is 3. The topological polar surface area (TPSA) is 28.4 Å². The summed E-state index contributed by atoms with van der Waals surface area (Å²) in [6.45, 7) is 3.66. The molecule has 2 aromatic rings. The molecule has 0 aliphatic carbocycles. The van der Waals surface area contributed by atoms with Crippen molar-refractivity contribution in [2.24, 2.45) is 0 Å². The number of nitrogens with one attached hydrogen (secondary N) is 1. The van der Waals surface area contributed by atoms with E-state index in [0.717, 1.165) is 37.5 Å². The van der Waals surface area contributed by atoms with Crippen molar-refractivity contribution in [2.45, 2.75) is 6.04 Å². The molecule has 0 spiro atoms. The first kappa shape index (κ1) is 13.6. The highest BCUT2D eigenvalue weighted by Crippen LogP contribution is 2.34. The van der Waals surface area contributed by atoms with Gasteiger partial charge in [0, 0.05) is 31.2 Å². The van der Waals surface area contributed by atoms with E-state index < -0.39 is 0 Å². The molecule has 20 heavy (non-hydrogen) atoms. The van der Waals surface area contributed by atoms with Gasteiger partial charge < -0.3 is 9.73 Å². The number of nitrogens with zero attached hydrogens (tertiary/aromatic N) is 1. The van der Waals surface area contributed by atoms with Crippen LogP contribution >= 0.6 is 11.6 Å². The molecule has 3 rings (SSSR count). The van der Waals surface area contributed by atoms with Gasteiger partial charge in [0.2, 0.25) is 0 Å². The van der Waals surface area contributed by atoms with E-state index in [2.05, 4.69) is 10.2 Å². The molecule has 1 aromatic carbocycles. The van der Waals surface area contributed by atoms with Crippen molar-refractivity contribution in [1.29, 1.82) is 0 Å². The van der Waals surface area contributed by atoms with Crippen molar-refractivity contribution in [2.75, 3.05) is 26.2 Å². The van der Waals surface area contributed by atoms with Gasteiger partial charge >= 0.3 is 0 Å². The summed E-state index contributed by atoms with van der Waals surface area (Å²) in [5.74, 6) is 0.512. The lowest BCUT2D eigenvalue weighted by molar-refractivity contribution is 0.180. The Bertz CT molecular complexity index is 567. The van der Waals surface area contributed by atoms with Crippen LogP contribution in [0.3, 0.4) is 0 Å². The van der Waals surface area contributed by atoms with Crippen molar-refractivity contribution in [3.63, 3.8) is 0 Å². The van der Waals surface area contributed by atoms with Crippen LogP contribution in [0.4, 0.5) is 4.39 Å². The molecule has 0 saturated carbocycles. The van der Waals surface area contributed by atoms with E-state index in [1.807, 2.05) is 12.1 Å². The zero-order valence-corrected chi connectivity index (χ0v) is 11.7. The van der Waals surface area contributed by atoms with Crippen LogP contribution < -0.4 is 5.32 Å². The molecular weight excluding hydrogens is 279 g/mol. The van der Waals surface area contributed by atoms with E-state index in [9.17, 15) is 4.39 Å². The highest BCUT2D eigenvalue weighted by Gasteiger charge is 2.27. The van der Waals surface area contributed by atoms with Gasteiger partial charge in [-0.25, -0.2) is 4.39 Å². The van der Waals surface area contributed by atoms with Gasteiger partial charge in [-0.3, -0.25) is 4.90 Å². The third-order valence-corrected chi connectivity index (χ3v) is 3.91. The lowest BCUT2D eigenvalue weighted by Gasteiger charge is -2.34. The lowest BCUT2D eigenvalue weighted by atomic mass is 10.0. The Morgan fingerprint density at radius 1 is 1.25 bits per heavy atom. The molecule has 106 valence electrons. The van der Waals surface area contributed by atoms with E-state index >= 15 is 0 Å². The lowest BCUT2D eigenvalue weighted by Crippen LogP contribution is -2.45. The Hall–Kier alpha value is -1.36. The average Bonchev–Trinajstić information content (AvgIpc) is 2.97. The maximum atomic E-state index is 13.3. The minimum Gasteiger partial charge on any atom is -0.467 e. The average molecular weight is 295 g/mol. The number of hydrogen-bond donors (Lipinski definition) is 1. The van der Waals surface area contributed by atoms with Crippen molar-refractivity contribution >= 4 is 11.6 Å². The summed E-state index contributed by atoms with van der Waals surface area (Å²) >= 11 is 6.24. The van der Waals surface area contributed by atoms with Crippen LogP contribution in [0.25, 0.3) is 0 Å². The van der Waals surface area contributed by atoms with Gasteiger partial charge in [0.1, 0.15) is 11.6 Å². The predicted octanol–water partition coefficient (Wildman–Crippen LogP) is 3.07. The summed E-state index contributed by atoms with van der Waals surface area (Å²) in [6.07, 6.45) is 1.65. The van der Waals surface area contributed by atoms with E-state index in [0.29, 0.717) is 5.02 Å². The second-order valence-electron chi connectivity index (χ2n) is 4.87. The minimum absolute atomic E-state index is 0.0693. The maximum absolute atomic E-state index is 13.3. The molecule has 5 heteroatoms. The fraction of sp³-hybridized carbons (Fsp3) is 0.333. The maximum Gasteiger partial charge on any atom is 0.125 e. The van der Waals surface area contributed by atoms with Crippen molar-refractivity contribution in [1.82, 2.24) is 10.2 Å². The zero-order chi connectivity index (χ0) is 13.9. The van der Waals surface area contributed by atoms with Crippen LogP contribution in [0.1, 0.15) is 17.4 Å². The smallest absolute Gasteiger partial charge is 0.125 e. The van der Waals surface area contributed by atoms with Gasteiger partial charge in [-0.05, 0) is 29.8 Å². The first-order chi connectivity index (χ1) is 9.75. The Morgan fingerprint density at radius 3 is 2.70 bits per heavy atom. The van der Waals surface area contributed by atoms with Gasteiger partial charge in [-0.15, -0.1) is 0 Å². The second kappa shape index (κ2) is 5.95. The van der Waals surface area contributed by atoms with Gasteiger partial charge in [-0.1, -0.05) is 17.7 Å². The number of furan rings is 1. The van der Waals surface area contributed by atoms with Gasteiger partial charge in [-0.2, -0.15) is 0 Å². The van der Waals surface area contributed by atoms with Gasteiger partial charge in [0.15, 0.2) is 0 Å². The first-order valence-corrected chi connectivity index (χ1v) is 7.06. The summed E-state index contributed by atoms with van der Waals surface area (Å²) < 4.78 is 18.8. The molecule has 1 saturated heterocycles. The summed E-state index contributed by atoms with van der Waals surface area (Å²) in [5.41, 5.74) is 0.880. The molecule has 1 aromatic heterocycles. The monoisotopic (exact) mass is 294 g/mol. The molecule has 0 radical (unpaired) electrons. The SMILES string of the molecule is Fc1ccc([C@@H](c2ccco2)N2CCNCC2)c(Cl)c1. The molecule has 1 aliphatic rings. The molecule has 0 bridgehead atoms. The second-order valence-corrected chi connectivity index (χ2v) is 5.28. The van der Waals surface area contributed by atoms with Crippen LogP contribution in [-0.4, -0.2) is 31.1 Å². The van der Waals surface area contributed by atoms with Crippen LogP contribution in [0.2, 0.25) is 5.02 Å². The molecule has 1 aliphatic heterocycles. The van der Waals surface area contributed by atoms with Crippen molar-refractivity contribution in [3.8, 4) is 0 Å². The van der Waals surface area contributed by atoms with Gasteiger partial charge in [0.25, 0.3) is 0 Å². The Morgan fingerprint density at radius 2 is 2.05 bits per heavy atom. The fourth-order valence-corrected chi connectivity index (χ4v) is 2.91. The zero-order valence-electron chi connectivity index (χ0n) is 11.0. The molecule has 3 nitrogen and oxygen atoms in total.